The molecule has 3 aliphatic rings. The molecule has 6 nitrogen and oxygen atoms in total. The quantitative estimate of drug-likeness (QED) is 0.633. The van der Waals surface area contributed by atoms with Crippen LogP contribution in [0.3, 0.4) is 0 Å². The van der Waals surface area contributed by atoms with E-state index in [1.807, 2.05) is 47.9 Å². The Morgan fingerprint density at radius 1 is 1.03 bits per heavy atom. The van der Waals surface area contributed by atoms with Gasteiger partial charge in [0.2, 0.25) is 5.91 Å². The fraction of sp³-hybridized carbons (Fsp3) is 0.481. The van der Waals surface area contributed by atoms with Crippen molar-refractivity contribution >= 4 is 35.0 Å². The summed E-state index contributed by atoms with van der Waals surface area (Å²) >= 11 is 12.5. The number of benzene rings is 2. The molecule has 2 N–H and O–H groups in total. The van der Waals surface area contributed by atoms with Gasteiger partial charge in [0, 0.05) is 37.3 Å². The number of hydrogen-bond acceptors (Lipinski definition) is 4. The zero-order valence-corrected chi connectivity index (χ0v) is 21.7. The van der Waals surface area contributed by atoms with Gasteiger partial charge in [0.05, 0.1) is 22.6 Å². The molecule has 4 atom stereocenters. The number of halogens is 2. The first-order valence-electron chi connectivity index (χ1n) is 12.4. The van der Waals surface area contributed by atoms with E-state index in [-0.39, 0.29) is 17.9 Å². The molecule has 0 radical (unpaired) electrons. The average molecular weight is 515 g/mol. The lowest BCUT2D eigenvalue weighted by molar-refractivity contribution is -0.135. The number of nitrogens with zero attached hydrogens (tertiary/aromatic N) is 2. The van der Waals surface area contributed by atoms with Crippen LogP contribution in [0.25, 0.3) is 0 Å². The molecule has 0 spiro atoms. The molecule has 2 amide bonds. The van der Waals surface area contributed by atoms with Crippen molar-refractivity contribution in [3.05, 3.63) is 68.7 Å². The van der Waals surface area contributed by atoms with Crippen LogP contribution in [0.2, 0.25) is 10.0 Å². The van der Waals surface area contributed by atoms with Gasteiger partial charge in [-0.3, -0.25) is 9.59 Å². The average Bonchev–Trinajstić information content (AvgIpc) is 3.46. The smallest absolute Gasteiger partial charge is 0.254 e. The molecule has 2 bridgehead atoms. The molecule has 35 heavy (non-hydrogen) atoms. The summed E-state index contributed by atoms with van der Waals surface area (Å²) in [7, 11) is 0. The van der Waals surface area contributed by atoms with Gasteiger partial charge in [-0.1, -0.05) is 46.5 Å². The molecule has 186 valence electrons. The van der Waals surface area contributed by atoms with Crippen LogP contribution in [0.1, 0.15) is 45.9 Å². The summed E-state index contributed by atoms with van der Waals surface area (Å²) < 4.78 is 0. The Bertz CT molecular complexity index is 1120. The van der Waals surface area contributed by atoms with E-state index in [9.17, 15) is 9.59 Å². The van der Waals surface area contributed by atoms with Crippen LogP contribution in [0.15, 0.2) is 36.4 Å². The molecule has 2 aliphatic heterocycles. The second-order valence-corrected chi connectivity index (χ2v) is 11.0. The van der Waals surface area contributed by atoms with Gasteiger partial charge < -0.3 is 20.4 Å². The monoisotopic (exact) mass is 514 g/mol. The fourth-order valence-corrected chi connectivity index (χ4v) is 6.26. The van der Waals surface area contributed by atoms with E-state index in [4.69, 9.17) is 23.2 Å². The molecule has 8 heteroatoms. The second kappa shape index (κ2) is 10.1. The van der Waals surface area contributed by atoms with Crippen molar-refractivity contribution in [1.29, 1.82) is 0 Å². The SMILES string of the molecule is Cc1cc(C)cc(C(=O)N2CCN(C(=O)CNC3CC4CC3CN4)C(c3ccc(Cl)c(Cl)c3)C2)c1. The number of fused-ring (bicyclic) bond motifs is 2. The third-order valence-electron chi connectivity index (χ3n) is 7.66. The van der Waals surface area contributed by atoms with Crippen molar-refractivity contribution in [2.45, 2.75) is 44.8 Å². The van der Waals surface area contributed by atoms with E-state index in [0.717, 1.165) is 29.7 Å². The number of piperidine rings is 1. The van der Waals surface area contributed by atoms with Crippen molar-refractivity contribution in [1.82, 2.24) is 20.4 Å². The van der Waals surface area contributed by atoms with Crippen molar-refractivity contribution in [2.24, 2.45) is 5.92 Å². The summed E-state index contributed by atoms with van der Waals surface area (Å²) in [5, 5.41) is 7.95. The van der Waals surface area contributed by atoms with Gasteiger partial charge in [0.1, 0.15) is 0 Å². The van der Waals surface area contributed by atoms with Gasteiger partial charge in [-0.25, -0.2) is 0 Å². The first-order chi connectivity index (χ1) is 16.8. The maximum absolute atomic E-state index is 13.4. The van der Waals surface area contributed by atoms with Crippen molar-refractivity contribution in [2.75, 3.05) is 32.7 Å². The summed E-state index contributed by atoms with van der Waals surface area (Å²) in [6.45, 7) is 6.70. The zero-order chi connectivity index (χ0) is 24.7. The molecule has 5 rings (SSSR count). The number of nitrogens with one attached hydrogen (secondary N) is 2. The second-order valence-electron chi connectivity index (χ2n) is 10.2. The number of rotatable bonds is 5. The molecule has 2 heterocycles. The normalized spacial score (nSPS) is 25.8. The lowest BCUT2D eigenvalue weighted by atomic mass is 10.00. The number of carbonyl (C=O) groups is 2. The minimum absolute atomic E-state index is 0.0124. The number of amides is 2. The summed E-state index contributed by atoms with van der Waals surface area (Å²) in [4.78, 5) is 30.6. The molecule has 2 aromatic rings. The van der Waals surface area contributed by atoms with Gasteiger partial charge in [0.25, 0.3) is 5.91 Å². The third kappa shape index (κ3) is 5.21. The molecule has 1 saturated carbocycles. The standard InChI is InChI=1S/C27H32Cl2N4O2/c1-16-7-17(2)9-19(8-16)27(35)32-5-6-33(25(15-32)18-3-4-22(28)23(29)11-18)26(34)14-31-24-12-21-10-20(24)13-30-21/h3-4,7-9,11,20-21,24-25,30-31H,5-6,10,12-15H2,1-2H3. The predicted octanol–water partition coefficient (Wildman–Crippen LogP) is 3.98. The molecular formula is C27H32Cl2N4O2. The molecule has 0 aromatic heterocycles. The Kier molecular flexibility index (Phi) is 7.09. The van der Waals surface area contributed by atoms with Crippen molar-refractivity contribution in [3.63, 3.8) is 0 Å². The van der Waals surface area contributed by atoms with Crippen LogP contribution in [-0.4, -0.2) is 66.4 Å². The largest absolute Gasteiger partial charge is 0.334 e. The Balaban J connectivity index is 1.34. The van der Waals surface area contributed by atoms with Crippen molar-refractivity contribution < 1.29 is 9.59 Å². The molecule has 4 unspecified atom stereocenters. The number of hydrogen-bond donors (Lipinski definition) is 2. The van der Waals surface area contributed by atoms with Crippen LogP contribution >= 0.6 is 23.2 Å². The Morgan fingerprint density at radius 3 is 2.46 bits per heavy atom. The van der Waals surface area contributed by atoms with Gasteiger partial charge in [-0.15, -0.1) is 0 Å². The van der Waals surface area contributed by atoms with Crippen LogP contribution in [0.5, 0.6) is 0 Å². The van der Waals surface area contributed by atoms with Crippen molar-refractivity contribution in [3.8, 4) is 0 Å². The fourth-order valence-electron chi connectivity index (χ4n) is 5.96. The van der Waals surface area contributed by atoms with E-state index in [0.29, 0.717) is 59.8 Å². The first-order valence-corrected chi connectivity index (χ1v) is 13.1. The van der Waals surface area contributed by atoms with E-state index in [2.05, 4.69) is 16.7 Å². The number of piperazine rings is 1. The zero-order valence-electron chi connectivity index (χ0n) is 20.2. The van der Waals surface area contributed by atoms with Crippen LogP contribution in [-0.2, 0) is 4.79 Å². The molecular weight excluding hydrogens is 483 g/mol. The van der Waals surface area contributed by atoms with E-state index < -0.39 is 0 Å². The van der Waals surface area contributed by atoms with Crippen LogP contribution in [0.4, 0.5) is 0 Å². The highest BCUT2D eigenvalue weighted by atomic mass is 35.5. The highest BCUT2D eigenvalue weighted by molar-refractivity contribution is 6.42. The van der Waals surface area contributed by atoms with Crippen LogP contribution in [0, 0.1) is 19.8 Å². The third-order valence-corrected chi connectivity index (χ3v) is 8.40. The van der Waals surface area contributed by atoms with Gasteiger partial charge in [-0.2, -0.15) is 0 Å². The summed E-state index contributed by atoms with van der Waals surface area (Å²) in [6.07, 6.45) is 2.27. The Labute approximate surface area is 216 Å². The maximum atomic E-state index is 13.4. The molecule has 2 saturated heterocycles. The topological polar surface area (TPSA) is 64.7 Å². The lowest BCUT2D eigenvalue weighted by Gasteiger charge is -2.42. The lowest BCUT2D eigenvalue weighted by Crippen LogP contribution is -2.55. The first kappa shape index (κ1) is 24.6. The molecule has 3 fully saturated rings. The molecule has 2 aromatic carbocycles. The minimum atomic E-state index is -0.288. The summed E-state index contributed by atoms with van der Waals surface area (Å²) in [6, 6.07) is 12.1. The highest BCUT2D eigenvalue weighted by Crippen LogP contribution is 2.33. The predicted molar refractivity (Wildman–Crippen MR) is 139 cm³/mol. The van der Waals surface area contributed by atoms with E-state index in [1.165, 1.54) is 6.42 Å². The van der Waals surface area contributed by atoms with E-state index in [1.54, 1.807) is 6.07 Å². The van der Waals surface area contributed by atoms with Gasteiger partial charge >= 0.3 is 0 Å². The Hall–Kier alpha value is -2.12. The molecule has 1 aliphatic carbocycles. The van der Waals surface area contributed by atoms with Gasteiger partial charge in [0.15, 0.2) is 0 Å². The highest BCUT2D eigenvalue weighted by Gasteiger charge is 2.40. The minimum Gasteiger partial charge on any atom is -0.334 e. The Morgan fingerprint density at radius 2 is 1.80 bits per heavy atom. The number of aryl methyl sites for hydroxylation is 2. The van der Waals surface area contributed by atoms with Crippen LogP contribution < -0.4 is 10.6 Å². The summed E-state index contributed by atoms with van der Waals surface area (Å²) in [5.74, 6) is 0.641. The maximum Gasteiger partial charge on any atom is 0.254 e. The van der Waals surface area contributed by atoms with E-state index >= 15 is 0 Å². The summed E-state index contributed by atoms with van der Waals surface area (Å²) in [5.41, 5.74) is 3.69. The number of carbonyl (C=O) groups excluding carboxylic acids is 2. The van der Waals surface area contributed by atoms with Gasteiger partial charge in [-0.05, 0) is 69.0 Å².